The zero-order valence-corrected chi connectivity index (χ0v) is 23.1. The van der Waals surface area contributed by atoms with Crippen LogP contribution < -0.4 is 14.2 Å². The summed E-state index contributed by atoms with van der Waals surface area (Å²) in [5.74, 6) is 0.582. The van der Waals surface area contributed by atoms with Crippen LogP contribution in [-0.4, -0.2) is 54.7 Å². The Balaban J connectivity index is 1.50. The highest BCUT2D eigenvalue weighted by atomic mass is 32.1. The van der Waals surface area contributed by atoms with Crippen molar-refractivity contribution in [2.75, 3.05) is 21.3 Å². The van der Waals surface area contributed by atoms with Crippen LogP contribution in [0.25, 0.3) is 10.2 Å². The van der Waals surface area contributed by atoms with Crippen LogP contribution >= 0.6 is 11.3 Å². The molecule has 0 amide bonds. The number of hydrogen-bond donors (Lipinski definition) is 2. The zero-order valence-electron chi connectivity index (χ0n) is 22.3. The van der Waals surface area contributed by atoms with Crippen molar-refractivity contribution in [3.05, 3.63) is 81.4 Å². The lowest BCUT2D eigenvalue weighted by atomic mass is 9.99. The monoisotopic (exact) mass is 549 g/mol. The molecular weight excluding hydrogens is 518 g/mol. The Kier molecular flexibility index (Phi) is 7.74. The van der Waals surface area contributed by atoms with E-state index in [0.717, 1.165) is 18.4 Å². The van der Waals surface area contributed by atoms with Crippen molar-refractivity contribution in [2.24, 2.45) is 0 Å². The van der Waals surface area contributed by atoms with E-state index < -0.39 is 18.2 Å². The minimum Gasteiger partial charge on any atom is -0.497 e. The summed E-state index contributed by atoms with van der Waals surface area (Å²) in [7, 11) is 4.66. The van der Waals surface area contributed by atoms with Crippen molar-refractivity contribution in [1.29, 1.82) is 0 Å². The van der Waals surface area contributed by atoms with Crippen LogP contribution in [0.5, 0.6) is 17.2 Å². The van der Waals surface area contributed by atoms with Gasteiger partial charge in [-0.1, -0.05) is 24.3 Å². The van der Waals surface area contributed by atoms with Gasteiger partial charge < -0.3 is 29.2 Å². The van der Waals surface area contributed by atoms with Gasteiger partial charge in [-0.2, -0.15) is 0 Å². The molecule has 3 aromatic carbocycles. The van der Waals surface area contributed by atoms with Crippen molar-refractivity contribution in [3.63, 3.8) is 0 Å². The minimum atomic E-state index is -1.08. The summed E-state index contributed by atoms with van der Waals surface area (Å²) in [5, 5.41) is 22.1. The van der Waals surface area contributed by atoms with Gasteiger partial charge in [0.15, 0.2) is 0 Å². The first-order valence-corrected chi connectivity index (χ1v) is 13.5. The van der Waals surface area contributed by atoms with Crippen molar-refractivity contribution >= 4 is 27.5 Å². The number of aromatic nitrogens is 1. The summed E-state index contributed by atoms with van der Waals surface area (Å²) in [5.41, 5.74) is 4.39. The van der Waals surface area contributed by atoms with Crippen molar-refractivity contribution in [1.82, 2.24) is 4.98 Å². The van der Waals surface area contributed by atoms with Crippen LogP contribution in [0.15, 0.2) is 48.5 Å². The average Bonchev–Trinajstić information content (AvgIpc) is 3.54. The van der Waals surface area contributed by atoms with E-state index in [1.165, 1.54) is 35.6 Å². The van der Waals surface area contributed by atoms with Gasteiger partial charge in [0.1, 0.15) is 23.4 Å². The molecule has 0 radical (unpaired) electrons. The van der Waals surface area contributed by atoms with E-state index >= 15 is 0 Å². The number of carboxylic acid groups (broad SMARTS) is 1. The fourth-order valence-corrected chi connectivity index (χ4v) is 6.24. The number of aliphatic hydroxyl groups excluding tert-OH is 1. The number of aromatic carboxylic acids is 1. The van der Waals surface area contributed by atoms with Crippen molar-refractivity contribution in [3.8, 4) is 17.2 Å². The van der Waals surface area contributed by atoms with Gasteiger partial charge >= 0.3 is 5.97 Å². The summed E-state index contributed by atoms with van der Waals surface area (Å²) in [6.45, 7) is 1.90. The smallest absolute Gasteiger partial charge is 0.338 e. The maximum atomic E-state index is 11.9. The normalized spacial score (nSPS) is 14.7. The van der Waals surface area contributed by atoms with Crippen molar-refractivity contribution < 1.29 is 34.0 Å². The SMILES string of the molecule is COc1cc(C(=O)O)c2nc(C[C@H](OC3Cc4ccccc4C3)[C@H](O)c3cc(OC)c(C)c(OC)c3)sc2c1. The third-order valence-corrected chi connectivity index (χ3v) is 8.23. The first kappa shape index (κ1) is 26.9. The predicted octanol–water partition coefficient (Wildman–Crippen LogP) is 5.16. The van der Waals surface area contributed by atoms with Crippen LogP contribution in [0, 0.1) is 6.92 Å². The van der Waals surface area contributed by atoms with E-state index in [1.807, 2.05) is 19.1 Å². The second-order valence-electron chi connectivity index (χ2n) is 9.61. The molecule has 0 aliphatic heterocycles. The van der Waals surface area contributed by atoms with Gasteiger partial charge in [0.05, 0.1) is 54.3 Å². The number of thiazole rings is 1. The number of rotatable bonds is 10. The first-order chi connectivity index (χ1) is 18.8. The van der Waals surface area contributed by atoms with Gasteiger partial charge in [-0.25, -0.2) is 9.78 Å². The molecule has 4 aromatic rings. The van der Waals surface area contributed by atoms with Gasteiger partial charge in [-0.15, -0.1) is 11.3 Å². The van der Waals surface area contributed by atoms with Gasteiger partial charge in [0, 0.05) is 12.0 Å². The molecule has 1 aromatic heterocycles. The first-order valence-electron chi connectivity index (χ1n) is 12.6. The summed E-state index contributed by atoms with van der Waals surface area (Å²) >= 11 is 1.37. The Morgan fingerprint density at radius 2 is 1.67 bits per heavy atom. The summed E-state index contributed by atoms with van der Waals surface area (Å²) in [6.07, 6.45) is 0.00293. The van der Waals surface area contributed by atoms with Gasteiger partial charge in [0.2, 0.25) is 0 Å². The van der Waals surface area contributed by atoms with E-state index in [9.17, 15) is 15.0 Å². The molecule has 2 atom stereocenters. The summed E-state index contributed by atoms with van der Waals surface area (Å²) in [6, 6.07) is 15.1. The molecule has 0 saturated carbocycles. The van der Waals surface area contributed by atoms with Crippen molar-refractivity contribution in [2.45, 2.75) is 44.5 Å². The molecule has 0 spiro atoms. The van der Waals surface area contributed by atoms with E-state index in [-0.39, 0.29) is 18.1 Å². The lowest BCUT2D eigenvalue weighted by molar-refractivity contribution is -0.0743. The lowest BCUT2D eigenvalue weighted by Gasteiger charge is -2.27. The van der Waals surface area contributed by atoms with Crippen LogP contribution in [0.3, 0.4) is 0 Å². The van der Waals surface area contributed by atoms with Gasteiger partial charge in [0.25, 0.3) is 0 Å². The number of aliphatic hydroxyl groups is 1. The van der Waals surface area contributed by atoms with Crippen LogP contribution in [0.2, 0.25) is 0 Å². The number of ether oxygens (including phenoxy) is 4. The number of benzene rings is 3. The van der Waals surface area contributed by atoms with E-state index in [2.05, 4.69) is 17.1 Å². The zero-order chi connectivity index (χ0) is 27.7. The molecule has 0 saturated heterocycles. The second kappa shape index (κ2) is 11.2. The summed E-state index contributed by atoms with van der Waals surface area (Å²) in [4.78, 5) is 16.6. The average molecular weight is 550 g/mol. The lowest BCUT2D eigenvalue weighted by Crippen LogP contribution is -2.30. The molecule has 9 heteroatoms. The molecule has 0 fully saturated rings. The second-order valence-corrected chi connectivity index (χ2v) is 10.7. The predicted molar refractivity (Wildman–Crippen MR) is 149 cm³/mol. The fourth-order valence-electron chi connectivity index (χ4n) is 5.18. The molecule has 0 unspecified atom stereocenters. The number of carboxylic acids is 1. The highest BCUT2D eigenvalue weighted by Crippen LogP contribution is 2.37. The number of methoxy groups -OCH3 is 3. The number of hydrogen-bond acceptors (Lipinski definition) is 8. The maximum absolute atomic E-state index is 11.9. The largest absolute Gasteiger partial charge is 0.497 e. The highest BCUT2D eigenvalue weighted by molar-refractivity contribution is 7.18. The molecule has 0 bridgehead atoms. The third kappa shape index (κ3) is 5.43. The number of carbonyl (C=O) groups is 1. The topological polar surface area (TPSA) is 107 Å². The fraction of sp³-hybridized carbons (Fsp3) is 0.333. The number of fused-ring (bicyclic) bond motifs is 2. The Labute approximate surface area is 230 Å². The van der Waals surface area contributed by atoms with E-state index in [1.54, 1.807) is 32.4 Å². The molecule has 39 heavy (non-hydrogen) atoms. The maximum Gasteiger partial charge on any atom is 0.338 e. The molecule has 1 aliphatic carbocycles. The molecule has 2 N–H and O–H groups in total. The molecular formula is C30H31NO7S. The quantitative estimate of drug-likeness (QED) is 0.279. The molecule has 1 heterocycles. The third-order valence-electron chi connectivity index (χ3n) is 7.20. The van der Waals surface area contributed by atoms with Gasteiger partial charge in [-0.05, 0) is 60.7 Å². The molecule has 1 aliphatic rings. The van der Waals surface area contributed by atoms with E-state index in [4.69, 9.17) is 18.9 Å². The van der Waals surface area contributed by atoms with Crippen LogP contribution in [0.4, 0.5) is 0 Å². The number of nitrogens with zero attached hydrogens (tertiary/aromatic N) is 1. The van der Waals surface area contributed by atoms with E-state index in [0.29, 0.717) is 38.0 Å². The highest BCUT2D eigenvalue weighted by Gasteiger charge is 2.31. The molecule has 8 nitrogen and oxygen atoms in total. The minimum absolute atomic E-state index is 0.0733. The Morgan fingerprint density at radius 1 is 1.03 bits per heavy atom. The molecule has 204 valence electrons. The Bertz CT molecular complexity index is 1460. The standard InChI is InChI=1S/C30H31NO7S/c1-16-23(36-3)11-19(12-24(16)37-4)29(32)25(38-21-9-17-7-5-6-8-18(17)10-21)15-27-31-28-22(30(33)34)13-20(35-2)14-26(28)39-27/h5-8,11-14,21,25,29,32H,9-10,15H2,1-4H3,(H,33,34)/t25-,29+/m0/s1. The van der Waals surface area contributed by atoms with Crippen LogP contribution in [-0.2, 0) is 24.0 Å². The Hall–Kier alpha value is -3.66. The molecule has 5 rings (SSSR count). The van der Waals surface area contributed by atoms with Gasteiger partial charge in [-0.3, -0.25) is 0 Å². The summed E-state index contributed by atoms with van der Waals surface area (Å²) < 4.78 is 23.7. The van der Waals surface area contributed by atoms with Crippen LogP contribution in [0.1, 0.15) is 43.7 Å². The Morgan fingerprint density at radius 3 is 2.23 bits per heavy atom.